The van der Waals surface area contributed by atoms with Gasteiger partial charge in [0.1, 0.15) is 0 Å². The molecule has 0 saturated carbocycles. The summed E-state index contributed by atoms with van der Waals surface area (Å²) in [4.78, 5) is 33.7. The molecule has 0 heterocycles. The molecule has 0 aliphatic heterocycles. The van der Waals surface area contributed by atoms with Crippen LogP contribution in [0.2, 0.25) is 0 Å². The largest absolute Gasteiger partial charge is 0.493 e. The van der Waals surface area contributed by atoms with Crippen LogP contribution < -0.4 is 0 Å². The van der Waals surface area contributed by atoms with Crippen LogP contribution >= 0.6 is 0 Å². The van der Waals surface area contributed by atoms with E-state index in [0.29, 0.717) is 6.42 Å². The van der Waals surface area contributed by atoms with Gasteiger partial charge in [0.2, 0.25) is 11.6 Å². The number of hydrogen-bond donors (Lipinski definition) is 0. The van der Waals surface area contributed by atoms with Crippen LogP contribution in [0.3, 0.4) is 0 Å². The number of allylic oxidation sites excluding steroid dienone is 2. The highest BCUT2D eigenvalue weighted by atomic mass is 16.5. The summed E-state index contributed by atoms with van der Waals surface area (Å²) in [6, 6.07) is 0. The van der Waals surface area contributed by atoms with Gasteiger partial charge in [-0.25, -0.2) is 0 Å². The molecule has 15 heavy (non-hydrogen) atoms. The van der Waals surface area contributed by atoms with Gasteiger partial charge in [-0.05, 0) is 17.9 Å². The van der Waals surface area contributed by atoms with Gasteiger partial charge in [0.15, 0.2) is 12.0 Å². The quantitative estimate of drug-likeness (QED) is 0.394. The Morgan fingerprint density at radius 3 is 2.67 bits per heavy atom. The molecule has 0 N–H and O–H groups in total. The first-order valence-electron chi connectivity index (χ1n) is 4.71. The van der Waals surface area contributed by atoms with Crippen molar-refractivity contribution in [3.05, 3.63) is 11.8 Å². The van der Waals surface area contributed by atoms with Crippen molar-refractivity contribution in [1.82, 2.24) is 0 Å². The Bertz CT molecular complexity index is 338. The topological polar surface area (TPSA) is 60.4 Å². The molecule has 1 unspecified atom stereocenters. The minimum atomic E-state index is -0.907. The summed E-state index contributed by atoms with van der Waals surface area (Å²) in [5, 5.41) is 0. The molecular weight excluding hydrogens is 196 g/mol. The molecule has 0 bridgehead atoms. The van der Waals surface area contributed by atoms with Crippen LogP contribution in [-0.4, -0.2) is 25.0 Å². The van der Waals surface area contributed by atoms with E-state index in [1.165, 1.54) is 7.11 Å². The lowest BCUT2D eigenvalue weighted by molar-refractivity contribution is -0.142. The summed E-state index contributed by atoms with van der Waals surface area (Å²) in [6.45, 7) is 3.58. The molecule has 0 saturated heterocycles. The van der Waals surface area contributed by atoms with E-state index in [1.807, 2.05) is 0 Å². The van der Waals surface area contributed by atoms with Crippen molar-refractivity contribution in [2.75, 3.05) is 7.11 Å². The molecule has 0 radical (unpaired) electrons. The number of methoxy groups -OCH3 is 1. The standard InChI is InChI=1S/C11H14O4/c1-11(2)5-4-8(15-3)10(14)9(11)7(13)6-12/h4,6,9H,5H2,1-3H3. The predicted octanol–water partition coefficient (Wildman–Crippen LogP) is 0.900. The zero-order valence-electron chi connectivity index (χ0n) is 9.07. The van der Waals surface area contributed by atoms with Crippen LogP contribution in [0.4, 0.5) is 0 Å². The molecule has 82 valence electrons. The van der Waals surface area contributed by atoms with Crippen molar-refractivity contribution >= 4 is 17.9 Å². The number of aldehydes is 1. The summed E-state index contributed by atoms with van der Waals surface area (Å²) in [5.41, 5.74) is -0.517. The van der Waals surface area contributed by atoms with Gasteiger partial charge in [0.25, 0.3) is 0 Å². The average Bonchev–Trinajstić information content (AvgIpc) is 2.17. The highest BCUT2D eigenvalue weighted by Gasteiger charge is 2.44. The molecule has 0 aromatic rings. The van der Waals surface area contributed by atoms with Crippen molar-refractivity contribution < 1.29 is 19.1 Å². The Kier molecular flexibility index (Phi) is 3.07. The van der Waals surface area contributed by atoms with Gasteiger partial charge < -0.3 is 4.74 Å². The van der Waals surface area contributed by atoms with E-state index in [4.69, 9.17) is 4.74 Å². The number of hydrogen-bond acceptors (Lipinski definition) is 4. The van der Waals surface area contributed by atoms with Crippen molar-refractivity contribution in [2.24, 2.45) is 11.3 Å². The third kappa shape index (κ3) is 1.98. The lowest BCUT2D eigenvalue weighted by Gasteiger charge is -2.33. The second kappa shape index (κ2) is 3.96. The van der Waals surface area contributed by atoms with Gasteiger partial charge in [-0.15, -0.1) is 0 Å². The van der Waals surface area contributed by atoms with Crippen LogP contribution in [0.5, 0.6) is 0 Å². The Hall–Kier alpha value is -1.45. The van der Waals surface area contributed by atoms with E-state index in [2.05, 4.69) is 0 Å². The Labute approximate surface area is 88.3 Å². The van der Waals surface area contributed by atoms with Gasteiger partial charge >= 0.3 is 0 Å². The Morgan fingerprint density at radius 2 is 2.20 bits per heavy atom. The first-order chi connectivity index (χ1) is 6.94. The molecule has 0 amide bonds. The fourth-order valence-corrected chi connectivity index (χ4v) is 1.84. The summed E-state index contributed by atoms with van der Waals surface area (Å²) in [5.74, 6) is -1.80. The van der Waals surface area contributed by atoms with E-state index >= 15 is 0 Å². The van der Waals surface area contributed by atoms with Crippen molar-refractivity contribution in [3.63, 3.8) is 0 Å². The number of carbonyl (C=O) groups is 3. The van der Waals surface area contributed by atoms with E-state index in [-0.39, 0.29) is 12.0 Å². The number of ether oxygens (including phenoxy) is 1. The van der Waals surface area contributed by atoms with Gasteiger partial charge in [-0.1, -0.05) is 13.8 Å². The maximum atomic E-state index is 11.8. The smallest absolute Gasteiger partial charge is 0.208 e. The lowest BCUT2D eigenvalue weighted by atomic mass is 9.68. The van der Waals surface area contributed by atoms with E-state index in [0.717, 1.165) is 0 Å². The molecule has 0 spiro atoms. The second-order valence-electron chi connectivity index (χ2n) is 4.28. The minimum Gasteiger partial charge on any atom is -0.493 e. The summed E-state index contributed by atoms with van der Waals surface area (Å²) in [6.07, 6.45) is 2.42. The van der Waals surface area contributed by atoms with E-state index in [9.17, 15) is 14.4 Å². The fourth-order valence-electron chi connectivity index (χ4n) is 1.84. The average molecular weight is 210 g/mol. The van der Waals surface area contributed by atoms with Crippen LogP contribution in [0.15, 0.2) is 11.8 Å². The first kappa shape index (κ1) is 11.6. The number of ketones is 2. The third-order valence-corrected chi connectivity index (χ3v) is 2.72. The van der Waals surface area contributed by atoms with E-state index in [1.54, 1.807) is 19.9 Å². The molecular formula is C11H14O4. The van der Waals surface area contributed by atoms with Crippen LogP contribution in [0.25, 0.3) is 0 Å². The monoisotopic (exact) mass is 210 g/mol. The van der Waals surface area contributed by atoms with Crippen molar-refractivity contribution in [3.8, 4) is 0 Å². The minimum absolute atomic E-state index is 0.175. The van der Waals surface area contributed by atoms with E-state index < -0.39 is 22.9 Å². The number of rotatable bonds is 3. The van der Waals surface area contributed by atoms with Crippen molar-refractivity contribution in [1.29, 1.82) is 0 Å². The molecule has 0 aromatic carbocycles. The number of Topliss-reactive ketones (excluding diaryl/α,β-unsaturated/α-hetero) is 2. The molecule has 1 aliphatic carbocycles. The van der Waals surface area contributed by atoms with Crippen molar-refractivity contribution in [2.45, 2.75) is 20.3 Å². The highest BCUT2D eigenvalue weighted by molar-refractivity contribution is 6.33. The molecule has 1 atom stereocenters. The van der Waals surface area contributed by atoms with Gasteiger partial charge in [0.05, 0.1) is 13.0 Å². The first-order valence-corrected chi connectivity index (χ1v) is 4.71. The predicted molar refractivity (Wildman–Crippen MR) is 53.1 cm³/mol. The number of carbonyl (C=O) groups excluding carboxylic acids is 3. The highest BCUT2D eigenvalue weighted by Crippen LogP contribution is 2.38. The van der Waals surface area contributed by atoms with Gasteiger partial charge in [-0.2, -0.15) is 0 Å². The lowest BCUT2D eigenvalue weighted by Crippen LogP contribution is -2.41. The maximum absolute atomic E-state index is 11.8. The maximum Gasteiger partial charge on any atom is 0.208 e. The van der Waals surface area contributed by atoms with Gasteiger partial charge in [-0.3, -0.25) is 14.4 Å². The summed E-state index contributed by atoms with van der Waals surface area (Å²) < 4.78 is 4.87. The molecule has 4 nitrogen and oxygen atoms in total. The fraction of sp³-hybridized carbons (Fsp3) is 0.545. The second-order valence-corrected chi connectivity index (χ2v) is 4.28. The molecule has 0 aromatic heterocycles. The normalized spacial score (nSPS) is 24.3. The summed E-state index contributed by atoms with van der Waals surface area (Å²) in [7, 11) is 1.38. The molecule has 0 fully saturated rings. The van der Waals surface area contributed by atoms with Gasteiger partial charge in [0, 0.05) is 0 Å². The SMILES string of the molecule is COC1=CCC(C)(C)C(C(=O)C=O)C1=O. The molecule has 1 rings (SSSR count). The zero-order valence-corrected chi connectivity index (χ0v) is 9.07. The van der Waals surface area contributed by atoms with Crippen LogP contribution in [-0.2, 0) is 19.1 Å². The summed E-state index contributed by atoms with van der Waals surface area (Å²) >= 11 is 0. The van der Waals surface area contributed by atoms with Crippen LogP contribution in [0.1, 0.15) is 20.3 Å². The Balaban J connectivity index is 3.11. The van der Waals surface area contributed by atoms with Crippen LogP contribution in [0, 0.1) is 11.3 Å². The zero-order chi connectivity index (χ0) is 11.6. The third-order valence-electron chi connectivity index (χ3n) is 2.72. The molecule has 4 heteroatoms. The Morgan fingerprint density at radius 1 is 1.60 bits per heavy atom. The molecule has 1 aliphatic rings.